The topological polar surface area (TPSA) is 43.8 Å². The molecule has 1 aliphatic carbocycles. The van der Waals surface area contributed by atoms with Crippen molar-refractivity contribution in [1.82, 2.24) is 9.78 Å². The third-order valence-electron chi connectivity index (χ3n) is 4.82. The summed E-state index contributed by atoms with van der Waals surface area (Å²) in [5, 5.41) is 4.65. The Labute approximate surface area is 117 Å². The van der Waals surface area contributed by atoms with Crippen molar-refractivity contribution in [3.05, 3.63) is 17.5 Å². The van der Waals surface area contributed by atoms with Gasteiger partial charge in [-0.05, 0) is 37.7 Å². The standard InChI is InChI=1S/C16H29N3/c1-4-12-9-7-8-10-14(12)16(17)15-11-13(5-2)18-19(15)6-3/h11-12,14,16H,4-10,17H2,1-3H3. The minimum absolute atomic E-state index is 0.165. The third kappa shape index (κ3) is 3.02. The number of nitrogens with zero attached hydrogens (tertiary/aromatic N) is 2. The highest BCUT2D eigenvalue weighted by Gasteiger charge is 2.31. The van der Waals surface area contributed by atoms with Crippen LogP contribution in [0.5, 0.6) is 0 Å². The summed E-state index contributed by atoms with van der Waals surface area (Å²) in [6, 6.07) is 2.40. The zero-order chi connectivity index (χ0) is 13.8. The molecule has 0 aromatic carbocycles. The highest BCUT2D eigenvalue weighted by Crippen LogP contribution is 2.39. The summed E-state index contributed by atoms with van der Waals surface area (Å²) in [6.45, 7) is 7.55. The SMILES string of the molecule is CCc1cc(C(N)C2CCCCC2CC)n(CC)n1. The molecule has 108 valence electrons. The summed E-state index contributed by atoms with van der Waals surface area (Å²) in [5.74, 6) is 1.44. The number of aryl methyl sites for hydroxylation is 2. The smallest absolute Gasteiger partial charge is 0.0625 e. The average molecular weight is 263 g/mol. The fourth-order valence-electron chi connectivity index (χ4n) is 3.62. The van der Waals surface area contributed by atoms with Crippen molar-refractivity contribution in [3.8, 4) is 0 Å². The van der Waals surface area contributed by atoms with Gasteiger partial charge in [0.25, 0.3) is 0 Å². The summed E-state index contributed by atoms with van der Waals surface area (Å²) in [5.41, 5.74) is 9.05. The molecule has 2 rings (SSSR count). The molecular weight excluding hydrogens is 234 g/mol. The molecule has 1 heterocycles. The van der Waals surface area contributed by atoms with Gasteiger partial charge in [-0.25, -0.2) is 0 Å². The molecule has 3 heteroatoms. The Morgan fingerprint density at radius 3 is 2.68 bits per heavy atom. The van der Waals surface area contributed by atoms with E-state index in [1.807, 2.05) is 0 Å². The van der Waals surface area contributed by atoms with Gasteiger partial charge in [0.15, 0.2) is 0 Å². The summed E-state index contributed by atoms with van der Waals surface area (Å²) < 4.78 is 2.12. The van der Waals surface area contributed by atoms with Crippen LogP contribution in [0.3, 0.4) is 0 Å². The highest BCUT2D eigenvalue weighted by atomic mass is 15.3. The van der Waals surface area contributed by atoms with Gasteiger partial charge in [0.1, 0.15) is 0 Å². The van der Waals surface area contributed by atoms with E-state index in [0.29, 0.717) is 5.92 Å². The van der Waals surface area contributed by atoms with Gasteiger partial charge in [0, 0.05) is 12.6 Å². The molecule has 1 aliphatic rings. The van der Waals surface area contributed by atoms with Crippen molar-refractivity contribution in [2.45, 2.75) is 71.9 Å². The molecule has 19 heavy (non-hydrogen) atoms. The molecule has 0 spiro atoms. The minimum Gasteiger partial charge on any atom is -0.322 e. The van der Waals surface area contributed by atoms with Gasteiger partial charge in [0.2, 0.25) is 0 Å². The number of hydrogen-bond donors (Lipinski definition) is 1. The van der Waals surface area contributed by atoms with Crippen molar-refractivity contribution in [1.29, 1.82) is 0 Å². The van der Waals surface area contributed by atoms with Gasteiger partial charge < -0.3 is 5.73 Å². The fourth-order valence-corrected chi connectivity index (χ4v) is 3.62. The van der Waals surface area contributed by atoms with Gasteiger partial charge in [-0.1, -0.05) is 39.5 Å². The lowest BCUT2D eigenvalue weighted by Gasteiger charge is -2.35. The quantitative estimate of drug-likeness (QED) is 0.880. The van der Waals surface area contributed by atoms with Gasteiger partial charge in [-0.15, -0.1) is 0 Å². The van der Waals surface area contributed by atoms with Gasteiger partial charge in [0.05, 0.1) is 11.4 Å². The molecular formula is C16H29N3. The number of aromatic nitrogens is 2. The predicted octanol–water partition coefficient (Wildman–Crippen LogP) is 3.68. The maximum absolute atomic E-state index is 6.62. The van der Waals surface area contributed by atoms with Crippen molar-refractivity contribution in [2.75, 3.05) is 0 Å². The second-order valence-electron chi connectivity index (χ2n) is 5.87. The van der Waals surface area contributed by atoms with E-state index in [9.17, 15) is 0 Å². The number of nitrogens with two attached hydrogens (primary N) is 1. The van der Waals surface area contributed by atoms with E-state index in [-0.39, 0.29) is 6.04 Å². The molecule has 0 radical (unpaired) electrons. The van der Waals surface area contributed by atoms with Crippen molar-refractivity contribution in [3.63, 3.8) is 0 Å². The van der Waals surface area contributed by atoms with E-state index in [4.69, 9.17) is 5.73 Å². The first-order valence-electron chi connectivity index (χ1n) is 8.03. The number of rotatable bonds is 5. The fraction of sp³-hybridized carbons (Fsp3) is 0.812. The molecule has 1 fully saturated rings. The maximum Gasteiger partial charge on any atom is 0.0625 e. The van der Waals surface area contributed by atoms with Crippen LogP contribution in [0.4, 0.5) is 0 Å². The van der Waals surface area contributed by atoms with E-state index >= 15 is 0 Å². The van der Waals surface area contributed by atoms with Crippen LogP contribution in [0.15, 0.2) is 6.07 Å². The van der Waals surface area contributed by atoms with Crippen LogP contribution in [0.1, 0.15) is 70.3 Å². The Balaban J connectivity index is 2.21. The molecule has 0 amide bonds. The first kappa shape index (κ1) is 14.6. The molecule has 1 aromatic rings. The Morgan fingerprint density at radius 2 is 2.05 bits per heavy atom. The first-order valence-corrected chi connectivity index (χ1v) is 8.03. The Bertz CT molecular complexity index is 397. The first-order chi connectivity index (χ1) is 9.21. The second-order valence-corrected chi connectivity index (χ2v) is 5.87. The molecule has 3 nitrogen and oxygen atoms in total. The summed E-state index contributed by atoms with van der Waals surface area (Å²) >= 11 is 0. The zero-order valence-corrected chi connectivity index (χ0v) is 12.7. The van der Waals surface area contributed by atoms with E-state index in [1.165, 1.54) is 43.5 Å². The molecule has 0 bridgehead atoms. The van der Waals surface area contributed by atoms with Crippen molar-refractivity contribution in [2.24, 2.45) is 17.6 Å². The van der Waals surface area contributed by atoms with Crippen LogP contribution >= 0.6 is 0 Å². The average Bonchev–Trinajstić information content (AvgIpc) is 2.89. The Morgan fingerprint density at radius 1 is 1.32 bits per heavy atom. The molecule has 0 aliphatic heterocycles. The minimum atomic E-state index is 0.165. The van der Waals surface area contributed by atoms with Crippen molar-refractivity contribution < 1.29 is 0 Å². The molecule has 1 aromatic heterocycles. The lowest BCUT2D eigenvalue weighted by Crippen LogP contribution is -2.32. The summed E-state index contributed by atoms with van der Waals surface area (Å²) in [6.07, 6.45) is 7.63. The Kier molecular flexibility index (Phi) is 5.03. The van der Waals surface area contributed by atoms with Crippen LogP contribution in [0.25, 0.3) is 0 Å². The Hall–Kier alpha value is -0.830. The molecule has 3 unspecified atom stereocenters. The van der Waals surface area contributed by atoms with Gasteiger partial charge in [-0.2, -0.15) is 5.10 Å². The summed E-state index contributed by atoms with van der Waals surface area (Å²) in [7, 11) is 0. The molecule has 1 saturated carbocycles. The molecule has 3 atom stereocenters. The zero-order valence-electron chi connectivity index (χ0n) is 12.7. The van der Waals surface area contributed by atoms with Crippen LogP contribution in [-0.4, -0.2) is 9.78 Å². The van der Waals surface area contributed by atoms with Gasteiger partial charge >= 0.3 is 0 Å². The van der Waals surface area contributed by atoms with Crippen molar-refractivity contribution >= 4 is 0 Å². The maximum atomic E-state index is 6.62. The predicted molar refractivity (Wildman–Crippen MR) is 79.9 cm³/mol. The number of hydrogen-bond acceptors (Lipinski definition) is 2. The van der Waals surface area contributed by atoms with Gasteiger partial charge in [-0.3, -0.25) is 4.68 Å². The third-order valence-corrected chi connectivity index (χ3v) is 4.82. The molecule has 0 saturated heterocycles. The van der Waals surface area contributed by atoms with Crippen LogP contribution in [0.2, 0.25) is 0 Å². The van der Waals surface area contributed by atoms with Crippen LogP contribution in [-0.2, 0) is 13.0 Å². The second kappa shape index (κ2) is 6.56. The van der Waals surface area contributed by atoms with E-state index in [0.717, 1.165) is 18.9 Å². The largest absolute Gasteiger partial charge is 0.322 e. The highest BCUT2D eigenvalue weighted by molar-refractivity contribution is 5.15. The van der Waals surface area contributed by atoms with E-state index < -0.39 is 0 Å². The normalized spacial score (nSPS) is 25.5. The van der Waals surface area contributed by atoms with E-state index in [1.54, 1.807) is 0 Å². The van der Waals surface area contributed by atoms with Crippen LogP contribution < -0.4 is 5.73 Å². The molecule has 2 N–H and O–H groups in total. The lowest BCUT2D eigenvalue weighted by atomic mass is 9.73. The van der Waals surface area contributed by atoms with Crippen LogP contribution in [0, 0.1) is 11.8 Å². The lowest BCUT2D eigenvalue weighted by molar-refractivity contribution is 0.191. The monoisotopic (exact) mass is 263 g/mol. The summed E-state index contributed by atoms with van der Waals surface area (Å²) in [4.78, 5) is 0. The van der Waals surface area contributed by atoms with E-state index in [2.05, 4.69) is 36.6 Å².